The SMILES string of the molecule is C[C@@]12C[C@H](CON)c3cc(O)ccc3[C@H]1CC[C@@]1(C)[C@H]2CC[C@@H]1O. The minimum atomic E-state index is -0.175. The highest BCUT2D eigenvalue weighted by Crippen LogP contribution is 2.68. The molecule has 3 aliphatic carbocycles. The molecule has 4 heteroatoms. The second kappa shape index (κ2) is 5.45. The lowest BCUT2D eigenvalue weighted by Gasteiger charge is -2.58. The molecule has 0 radical (unpaired) electrons. The third kappa shape index (κ3) is 2.09. The molecule has 0 unspecified atom stereocenters. The quantitative estimate of drug-likeness (QED) is 0.726. The normalized spacial score (nSPS) is 43.8. The Labute approximate surface area is 144 Å². The predicted octanol–water partition coefficient (Wildman–Crippen LogP) is 3.43. The lowest BCUT2D eigenvalue weighted by molar-refractivity contribution is -0.0741. The van der Waals surface area contributed by atoms with Gasteiger partial charge in [0.05, 0.1) is 12.7 Å². The molecule has 4 nitrogen and oxygen atoms in total. The van der Waals surface area contributed by atoms with Crippen LogP contribution in [0.2, 0.25) is 0 Å². The molecule has 3 aliphatic rings. The molecule has 2 saturated carbocycles. The summed E-state index contributed by atoms with van der Waals surface area (Å²) in [5.41, 5.74) is 2.74. The van der Waals surface area contributed by atoms with Gasteiger partial charge in [0.25, 0.3) is 0 Å². The first kappa shape index (κ1) is 16.4. The van der Waals surface area contributed by atoms with Gasteiger partial charge in [0.15, 0.2) is 0 Å². The van der Waals surface area contributed by atoms with E-state index in [-0.39, 0.29) is 22.9 Å². The van der Waals surface area contributed by atoms with Gasteiger partial charge >= 0.3 is 0 Å². The molecule has 0 aromatic heterocycles. The van der Waals surface area contributed by atoms with Crippen molar-refractivity contribution in [3.63, 3.8) is 0 Å². The standard InChI is InChI=1S/C20H29NO3/c1-19-8-7-16-14-4-3-13(22)9-15(14)12(11-24-21)10-20(16,2)17(19)5-6-18(19)23/h3-4,9,12,16-18,22-23H,5-8,10-11,21H2,1-2H3/t12-,16-,17-,18+,19+,20-/m1/s1. The zero-order valence-corrected chi connectivity index (χ0v) is 14.7. The van der Waals surface area contributed by atoms with E-state index in [2.05, 4.69) is 19.9 Å². The van der Waals surface area contributed by atoms with Crippen molar-refractivity contribution in [2.24, 2.45) is 22.6 Å². The molecule has 4 N–H and O–H groups in total. The first-order chi connectivity index (χ1) is 11.4. The summed E-state index contributed by atoms with van der Waals surface area (Å²) in [6, 6.07) is 5.81. The first-order valence-corrected chi connectivity index (χ1v) is 9.22. The monoisotopic (exact) mass is 331 g/mol. The van der Waals surface area contributed by atoms with Crippen molar-refractivity contribution >= 4 is 0 Å². The maximum Gasteiger partial charge on any atom is 0.115 e. The zero-order valence-electron chi connectivity index (χ0n) is 14.7. The number of aliphatic hydroxyl groups is 1. The Hall–Kier alpha value is -1.10. The number of aliphatic hydroxyl groups excluding tert-OH is 1. The van der Waals surface area contributed by atoms with Gasteiger partial charge in [0.1, 0.15) is 5.75 Å². The van der Waals surface area contributed by atoms with Crippen LogP contribution in [0, 0.1) is 16.7 Å². The lowest BCUT2D eigenvalue weighted by atomic mass is 9.47. The van der Waals surface area contributed by atoms with Crippen LogP contribution in [-0.2, 0) is 4.84 Å². The molecule has 4 rings (SSSR count). The summed E-state index contributed by atoms with van der Waals surface area (Å²) in [7, 11) is 0. The van der Waals surface area contributed by atoms with Gasteiger partial charge in [-0.3, -0.25) is 0 Å². The van der Waals surface area contributed by atoms with E-state index in [1.807, 2.05) is 12.1 Å². The van der Waals surface area contributed by atoms with Gasteiger partial charge in [0, 0.05) is 5.92 Å². The van der Waals surface area contributed by atoms with Crippen LogP contribution in [0.5, 0.6) is 5.75 Å². The zero-order chi connectivity index (χ0) is 17.1. The van der Waals surface area contributed by atoms with Crippen molar-refractivity contribution in [3.05, 3.63) is 29.3 Å². The molecular weight excluding hydrogens is 302 g/mol. The average Bonchev–Trinajstić information content (AvgIpc) is 2.84. The Kier molecular flexibility index (Phi) is 3.72. The van der Waals surface area contributed by atoms with Crippen LogP contribution in [0.1, 0.15) is 68.9 Å². The number of aromatic hydroxyl groups is 1. The smallest absolute Gasteiger partial charge is 0.115 e. The fraction of sp³-hybridized carbons (Fsp3) is 0.700. The molecule has 0 aliphatic heterocycles. The number of phenols is 1. The van der Waals surface area contributed by atoms with Crippen molar-refractivity contribution in [1.82, 2.24) is 0 Å². The fourth-order valence-corrected chi connectivity index (χ4v) is 6.60. The molecule has 6 atom stereocenters. The Morgan fingerprint density at radius 1 is 1.17 bits per heavy atom. The number of hydrogen-bond donors (Lipinski definition) is 3. The fourth-order valence-electron chi connectivity index (χ4n) is 6.60. The number of phenolic OH excluding ortho intramolecular Hbond substituents is 1. The minimum Gasteiger partial charge on any atom is -0.508 e. The molecule has 0 spiro atoms. The molecule has 1 aromatic carbocycles. The maximum absolute atomic E-state index is 10.6. The summed E-state index contributed by atoms with van der Waals surface area (Å²) in [4.78, 5) is 5.03. The van der Waals surface area contributed by atoms with Crippen molar-refractivity contribution in [3.8, 4) is 5.75 Å². The number of fused-ring (bicyclic) bond motifs is 5. The second-order valence-electron chi connectivity index (χ2n) is 8.80. The topological polar surface area (TPSA) is 75.7 Å². The Balaban J connectivity index is 1.81. The molecule has 0 bridgehead atoms. The van der Waals surface area contributed by atoms with Crippen LogP contribution in [0.3, 0.4) is 0 Å². The highest BCUT2D eigenvalue weighted by molar-refractivity contribution is 5.44. The lowest BCUT2D eigenvalue weighted by Crippen LogP contribution is -2.51. The third-order valence-corrected chi connectivity index (χ3v) is 7.72. The van der Waals surface area contributed by atoms with E-state index in [0.717, 1.165) is 32.1 Å². The highest BCUT2D eigenvalue weighted by Gasteiger charge is 2.60. The highest BCUT2D eigenvalue weighted by atomic mass is 16.6. The Bertz CT molecular complexity index is 648. The maximum atomic E-state index is 10.6. The number of hydrogen-bond acceptors (Lipinski definition) is 4. The van der Waals surface area contributed by atoms with Gasteiger partial charge in [-0.2, -0.15) is 0 Å². The van der Waals surface area contributed by atoms with Crippen LogP contribution in [0.25, 0.3) is 0 Å². The van der Waals surface area contributed by atoms with E-state index < -0.39 is 0 Å². The van der Waals surface area contributed by atoms with Crippen molar-refractivity contribution in [2.75, 3.05) is 6.61 Å². The van der Waals surface area contributed by atoms with E-state index in [9.17, 15) is 10.2 Å². The summed E-state index contributed by atoms with van der Waals surface area (Å²) < 4.78 is 0. The predicted molar refractivity (Wildman–Crippen MR) is 92.5 cm³/mol. The molecule has 132 valence electrons. The molecule has 2 fully saturated rings. The van der Waals surface area contributed by atoms with E-state index in [1.165, 1.54) is 11.1 Å². The van der Waals surface area contributed by atoms with Crippen LogP contribution >= 0.6 is 0 Å². The number of benzene rings is 1. The van der Waals surface area contributed by atoms with Gasteiger partial charge in [-0.25, -0.2) is 5.90 Å². The van der Waals surface area contributed by atoms with Gasteiger partial charge in [-0.15, -0.1) is 0 Å². The average molecular weight is 331 g/mol. The summed E-state index contributed by atoms with van der Waals surface area (Å²) in [5.74, 6) is 6.96. The van der Waals surface area contributed by atoms with E-state index >= 15 is 0 Å². The van der Waals surface area contributed by atoms with Gasteiger partial charge in [-0.05, 0) is 78.0 Å². The van der Waals surface area contributed by atoms with Crippen LogP contribution in [-0.4, -0.2) is 22.9 Å². The van der Waals surface area contributed by atoms with E-state index in [1.54, 1.807) is 0 Å². The Morgan fingerprint density at radius 3 is 2.71 bits per heavy atom. The second-order valence-corrected chi connectivity index (χ2v) is 8.80. The van der Waals surface area contributed by atoms with Crippen molar-refractivity contribution in [1.29, 1.82) is 0 Å². The molecule has 1 aromatic rings. The van der Waals surface area contributed by atoms with Gasteiger partial charge < -0.3 is 15.1 Å². The largest absolute Gasteiger partial charge is 0.508 e. The molecule has 0 amide bonds. The summed E-state index contributed by atoms with van der Waals surface area (Å²) in [5, 5.41) is 20.6. The summed E-state index contributed by atoms with van der Waals surface area (Å²) >= 11 is 0. The first-order valence-electron chi connectivity index (χ1n) is 9.22. The van der Waals surface area contributed by atoms with Gasteiger partial charge in [0.2, 0.25) is 0 Å². The summed E-state index contributed by atoms with van der Waals surface area (Å²) in [6.45, 7) is 5.18. The molecule has 0 heterocycles. The van der Waals surface area contributed by atoms with E-state index in [4.69, 9.17) is 10.7 Å². The molecular formula is C20H29NO3. The molecule has 24 heavy (non-hydrogen) atoms. The Morgan fingerprint density at radius 2 is 1.96 bits per heavy atom. The molecule has 0 saturated heterocycles. The van der Waals surface area contributed by atoms with Crippen LogP contribution < -0.4 is 5.90 Å². The van der Waals surface area contributed by atoms with Crippen LogP contribution in [0.15, 0.2) is 18.2 Å². The van der Waals surface area contributed by atoms with Gasteiger partial charge in [-0.1, -0.05) is 19.9 Å². The number of nitrogens with two attached hydrogens (primary N) is 1. The van der Waals surface area contributed by atoms with Crippen molar-refractivity contribution < 1.29 is 15.1 Å². The minimum absolute atomic E-state index is 0.0355. The van der Waals surface area contributed by atoms with Crippen molar-refractivity contribution in [2.45, 2.75) is 63.9 Å². The van der Waals surface area contributed by atoms with E-state index in [0.29, 0.717) is 24.2 Å². The van der Waals surface area contributed by atoms with Crippen LogP contribution in [0.4, 0.5) is 0 Å². The third-order valence-electron chi connectivity index (χ3n) is 7.72. The summed E-state index contributed by atoms with van der Waals surface area (Å²) in [6.07, 6.45) is 5.05. The number of rotatable bonds is 2.